The molecule has 1 N–H and O–H groups in total. The molecule has 3 heterocycles. The molecular formula is C20H23F2N3O5. The second-order valence-corrected chi connectivity index (χ2v) is 8.40. The molecule has 4 fully saturated rings. The van der Waals surface area contributed by atoms with Crippen molar-refractivity contribution in [3.05, 3.63) is 23.8 Å². The molecule has 10 heteroatoms. The van der Waals surface area contributed by atoms with Crippen LogP contribution in [0.5, 0.6) is 0 Å². The Hall–Kier alpha value is -2.46. The van der Waals surface area contributed by atoms with Crippen LogP contribution in [0.15, 0.2) is 12.1 Å². The van der Waals surface area contributed by atoms with E-state index >= 15 is 8.78 Å². The smallest absolute Gasteiger partial charge is 0.414 e. The van der Waals surface area contributed by atoms with Crippen LogP contribution in [0.3, 0.4) is 0 Å². The van der Waals surface area contributed by atoms with E-state index in [4.69, 9.17) is 14.2 Å². The minimum absolute atomic E-state index is 0.0764. The van der Waals surface area contributed by atoms with Gasteiger partial charge >= 0.3 is 6.09 Å². The number of hydrogen-bond acceptors (Lipinski definition) is 6. The highest BCUT2D eigenvalue weighted by Crippen LogP contribution is 2.62. The lowest BCUT2D eigenvalue weighted by Gasteiger charge is -2.28. The van der Waals surface area contributed by atoms with Gasteiger partial charge in [-0.3, -0.25) is 9.69 Å². The summed E-state index contributed by atoms with van der Waals surface area (Å²) in [7, 11) is 0. The largest absolute Gasteiger partial charge is 0.442 e. The molecule has 1 atom stereocenters. The van der Waals surface area contributed by atoms with E-state index in [2.05, 4.69) is 5.32 Å². The Bertz CT molecular complexity index is 877. The molecule has 1 aliphatic carbocycles. The average Bonchev–Trinajstić information content (AvgIpc) is 3.03. The molecule has 30 heavy (non-hydrogen) atoms. The number of halogens is 2. The zero-order valence-corrected chi connectivity index (χ0v) is 16.6. The second-order valence-electron chi connectivity index (χ2n) is 8.40. The summed E-state index contributed by atoms with van der Waals surface area (Å²) >= 11 is 0. The Morgan fingerprint density at radius 1 is 1.20 bits per heavy atom. The first kappa shape index (κ1) is 19.5. The highest BCUT2D eigenvalue weighted by Gasteiger charge is 2.68. The van der Waals surface area contributed by atoms with Gasteiger partial charge in [-0.2, -0.15) is 0 Å². The van der Waals surface area contributed by atoms with Gasteiger partial charge in [-0.25, -0.2) is 13.6 Å². The lowest BCUT2D eigenvalue weighted by Crippen LogP contribution is -2.40. The first-order valence-corrected chi connectivity index (χ1v) is 10.1. The van der Waals surface area contributed by atoms with Gasteiger partial charge in [0.25, 0.3) is 0 Å². The predicted molar refractivity (Wildman–Crippen MR) is 101 cm³/mol. The van der Waals surface area contributed by atoms with Crippen LogP contribution in [0.4, 0.5) is 25.0 Å². The highest BCUT2D eigenvalue weighted by molar-refractivity contribution is 5.90. The predicted octanol–water partition coefficient (Wildman–Crippen LogP) is 1.77. The van der Waals surface area contributed by atoms with Crippen LogP contribution in [-0.4, -0.2) is 63.3 Å². The number of amides is 2. The van der Waals surface area contributed by atoms with Gasteiger partial charge in [0.1, 0.15) is 11.8 Å². The van der Waals surface area contributed by atoms with Gasteiger partial charge in [-0.15, -0.1) is 0 Å². The Labute approximate surface area is 172 Å². The van der Waals surface area contributed by atoms with E-state index in [9.17, 15) is 9.59 Å². The number of benzene rings is 1. The van der Waals surface area contributed by atoms with E-state index < -0.39 is 29.6 Å². The summed E-state index contributed by atoms with van der Waals surface area (Å²) in [6.07, 6.45) is 0.513. The molecule has 3 saturated heterocycles. The minimum Gasteiger partial charge on any atom is -0.442 e. The first-order chi connectivity index (χ1) is 14.3. The lowest BCUT2D eigenvalue weighted by molar-refractivity contribution is -0.178. The highest BCUT2D eigenvalue weighted by atomic mass is 19.1. The number of hydrogen-bond donors (Lipinski definition) is 1. The zero-order chi connectivity index (χ0) is 21.1. The van der Waals surface area contributed by atoms with Crippen LogP contribution in [-0.2, 0) is 19.0 Å². The number of nitrogens with one attached hydrogen (secondary N) is 1. The molecule has 1 aromatic carbocycles. The van der Waals surface area contributed by atoms with E-state index in [1.165, 1.54) is 11.8 Å². The normalized spacial score (nSPS) is 26.0. The molecular weight excluding hydrogens is 400 g/mol. The van der Waals surface area contributed by atoms with Gasteiger partial charge in [0.05, 0.1) is 38.5 Å². The fraction of sp³-hybridized carbons (Fsp3) is 0.600. The van der Waals surface area contributed by atoms with Crippen molar-refractivity contribution in [3.8, 4) is 0 Å². The Kier molecular flexibility index (Phi) is 4.41. The van der Waals surface area contributed by atoms with Gasteiger partial charge in [0.15, 0.2) is 17.4 Å². The van der Waals surface area contributed by atoms with Crippen molar-refractivity contribution >= 4 is 23.4 Å². The molecule has 1 unspecified atom stereocenters. The van der Waals surface area contributed by atoms with Gasteiger partial charge in [-0.1, -0.05) is 0 Å². The van der Waals surface area contributed by atoms with Gasteiger partial charge in [0.2, 0.25) is 5.91 Å². The van der Waals surface area contributed by atoms with E-state index in [1.54, 1.807) is 4.90 Å². The molecule has 162 valence electrons. The summed E-state index contributed by atoms with van der Waals surface area (Å²) in [5.74, 6) is -2.55. The van der Waals surface area contributed by atoms with Gasteiger partial charge < -0.3 is 24.4 Å². The summed E-state index contributed by atoms with van der Waals surface area (Å²) in [5, 5.41) is 2.57. The molecule has 2 amide bonds. The molecule has 1 saturated carbocycles. The minimum atomic E-state index is -0.791. The Morgan fingerprint density at radius 2 is 1.87 bits per heavy atom. The number of ether oxygens (including phenoxy) is 3. The van der Waals surface area contributed by atoms with Crippen molar-refractivity contribution in [2.75, 3.05) is 49.2 Å². The van der Waals surface area contributed by atoms with Gasteiger partial charge in [-0.05, 0) is 12.8 Å². The molecule has 4 aliphatic rings. The molecule has 0 radical (unpaired) electrons. The van der Waals surface area contributed by atoms with Crippen LogP contribution in [0, 0.1) is 17.0 Å². The molecule has 8 nitrogen and oxygen atoms in total. The van der Waals surface area contributed by atoms with E-state index in [0.29, 0.717) is 19.8 Å². The molecule has 1 aromatic rings. The van der Waals surface area contributed by atoms with E-state index in [-0.39, 0.29) is 42.3 Å². The fourth-order valence-electron chi connectivity index (χ4n) is 4.77. The maximum atomic E-state index is 15.0. The number of cyclic esters (lactones) is 1. The summed E-state index contributed by atoms with van der Waals surface area (Å²) in [4.78, 5) is 26.0. The van der Waals surface area contributed by atoms with Crippen LogP contribution in [0.25, 0.3) is 0 Å². The summed E-state index contributed by atoms with van der Waals surface area (Å²) in [6.45, 7) is 3.28. The zero-order valence-electron chi connectivity index (χ0n) is 16.6. The third-order valence-electron chi connectivity index (χ3n) is 6.39. The molecule has 5 rings (SSSR count). The second kappa shape index (κ2) is 6.78. The quantitative estimate of drug-likeness (QED) is 0.795. The fourth-order valence-corrected chi connectivity index (χ4v) is 4.77. The standard InChI is InChI=1S/C20H23F2N3O5/c1-12(26)23-8-14-9-25(18(27)30-14)13-6-15(21)17(16(22)7-13)24-10-19(2-3-19)20(11-24)28-4-5-29-20/h6-7,14H,2-5,8-11H2,1H3,(H,23,26). The van der Waals surface area contributed by atoms with Crippen LogP contribution >= 0.6 is 0 Å². The third kappa shape index (κ3) is 3.01. The molecule has 2 spiro atoms. The number of fused-ring (bicyclic) bond motifs is 1. The molecule has 3 aliphatic heterocycles. The Balaban J connectivity index is 1.36. The monoisotopic (exact) mass is 423 g/mol. The number of carbonyl (C=O) groups is 2. The number of nitrogens with zero attached hydrogens (tertiary/aromatic N) is 2. The average molecular weight is 423 g/mol. The number of carbonyl (C=O) groups excluding carboxylic acids is 2. The van der Waals surface area contributed by atoms with Crippen molar-refractivity contribution in [1.29, 1.82) is 0 Å². The summed E-state index contributed by atoms with van der Waals surface area (Å²) in [5.41, 5.74) is -0.271. The molecule has 0 bridgehead atoms. The SMILES string of the molecule is CC(=O)NCC1CN(c2cc(F)c(N3CC4(CC4)C4(C3)OCCO4)c(F)c2)C(=O)O1. The van der Waals surface area contributed by atoms with Crippen molar-refractivity contribution in [1.82, 2.24) is 5.32 Å². The van der Waals surface area contributed by atoms with Crippen molar-refractivity contribution in [2.24, 2.45) is 5.41 Å². The van der Waals surface area contributed by atoms with E-state index in [0.717, 1.165) is 25.0 Å². The maximum absolute atomic E-state index is 15.0. The van der Waals surface area contributed by atoms with Gasteiger partial charge in [0, 0.05) is 31.0 Å². The Morgan fingerprint density at radius 3 is 2.47 bits per heavy atom. The summed E-state index contributed by atoms with van der Waals surface area (Å²) in [6, 6.07) is 2.28. The van der Waals surface area contributed by atoms with Crippen LogP contribution in [0.2, 0.25) is 0 Å². The first-order valence-electron chi connectivity index (χ1n) is 10.1. The lowest BCUT2D eigenvalue weighted by atomic mass is 10.00. The topological polar surface area (TPSA) is 80.3 Å². The van der Waals surface area contributed by atoms with Crippen LogP contribution < -0.4 is 15.1 Å². The maximum Gasteiger partial charge on any atom is 0.414 e. The van der Waals surface area contributed by atoms with Crippen LogP contribution in [0.1, 0.15) is 19.8 Å². The van der Waals surface area contributed by atoms with E-state index in [1.807, 2.05) is 0 Å². The summed E-state index contributed by atoms with van der Waals surface area (Å²) < 4.78 is 47.0. The van der Waals surface area contributed by atoms with Crippen molar-refractivity contribution < 1.29 is 32.6 Å². The number of anilines is 2. The number of rotatable bonds is 4. The molecule has 0 aromatic heterocycles. The van der Waals surface area contributed by atoms with Crippen molar-refractivity contribution in [2.45, 2.75) is 31.7 Å². The third-order valence-corrected chi connectivity index (χ3v) is 6.39. The van der Waals surface area contributed by atoms with Crippen molar-refractivity contribution in [3.63, 3.8) is 0 Å².